The molecule has 0 heterocycles. The third-order valence-corrected chi connectivity index (χ3v) is 3.99. The highest BCUT2D eigenvalue weighted by atomic mass is 79.9. The zero-order valence-electron chi connectivity index (χ0n) is 14.6. The Labute approximate surface area is 159 Å². The molecular weight excluding hydrogens is 404 g/mol. The van der Waals surface area contributed by atoms with Crippen LogP contribution in [0, 0.1) is 0 Å². The summed E-state index contributed by atoms with van der Waals surface area (Å²) in [4.78, 5) is 12.3. The molecule has 0 radical (unpaired) electrons. The second kappa shape index (κ2) is 9.10. The fraction of sp³-hybridized carbons (Fsp3) is 0.222. The minimum atomic E-state index is -0.427. The van der Waals surface area contributed by atoms with Gasteiger partial charge in [-0.2, -0.15) is 5.10 Å². The number of ether oxygens (including phenoxy) is 3. The van der Waals surface area contributed by atoms with E-state index in [2.05, 4.69) is 26.5 Å². The van der Waals surface area contributed by atoms with E-state index < -0.39 is 5.91 Å². The van der Waals surface area contributed by atoms with Crippen LogP contribution in [-0.2, 0) is 0 Å². The second-order valence-corrected chi connectivity index (χ2v) is 5.90. The van der Waals surface area contributed by atoms with E-state index >= 15 is 0 Å². The highest BCUT2D eigenvalue weighted by Gasteiger charge is 2.13. The molecule has 0 aliphatic rings. The van der Waals surface area contributed by atoms with Crippen LogP contribution < -0.4 is 19.6 Å². The smallest absolute Gasteiger partial charge is 0.275 e. The number of benzene rings is 2. The van der Waals surface area contributed by atoms with Crippen LogP contribution in [0.2, 0.25) is 0 Å². The van der Waals surface area contributed by atoms with E-state index in [-0.39, 0.29) is 5.75 Å². The lowest BCUT2D eigenvalue weighted by Gasteiger charge is -2.09. The van der Waals surface area contributed by atoms with Crippen molar-refractivity contribution < 1.29 is 24.1 Å². The Bertz CT molecular complexity index is 823. The maximum atomic E-state index is 12.3. The van der Waals surface area contributed by atoms with Crippen molar-refractivity contribution in [2.45, 2.75) is 6.92 Å². The molecule has 0 saturated heterocycles. The first-order chi connectivity index (χ1) is 12.5. The van der Waals surface area contributed by atoms with Gasteiger partial charge in [-0.05, 0) is 52.7 Å². The van der Waals surface area contributed by atoms with Crippen molar-refractivity contribution in [2.24, 2.45) is 5.10 Å². The Morgan fingerprint density at radius 1 is 1.23 bits per heavy atom. The van der Waals surface area contributed by atoms with Gasteiger partial charge < -0.3 is 19.3 Å². The molecule has 0 aliphatic carbocycles. The quantitative estimate of drug-likeness (QED) is 0.527. The summed E-state index contributed by atoms with van der Waals surface area (Å²) in [5.41, 5.74) is 3.40. The Kier molecular flexibility index (Phi) is 6.85. The van der Waals surface area contributed by atoms with Crippen molar-refractivity contribution in [3.63, 3.8) is 0 Å². The van der Waals surface area contributed by atoms with Gasteiger partial charge in [-0.25, -0.2) is 5.43 Å². The molecule has 1 amide bonds. The minimum absolute atomic E-state index is 0.0102. The molecule has 0 fully saturated rings. The summed E-state index contributed by atoms with van der Waals surface area (Å²) >= 11 is 3.25. The van der Waals surface area contributed by atoms with Crippen molar-refractivity contribution in [2.75, 3.05) is 20.8 Å². The zero-order valence-corrected chi connectivity index (χ0v) is 16.2. The summed E-state index contributed by atoms with van der Waals surface area (Å²) in [6.45, 7) is 2.23. The third kappa shape index (κ3) is 4.66. The molecule has 2 aromatic carbocycles. The molecule has 0 saturated carbocycles. The molecule has 2 rings (SSSR count). The van der Waals surface area contributed by atoms with Crippen LogP contribution in [0.3, 0.4) is 0 Å². The van der Waals surface area contributed by atoms with Gasteiger partial charge in [0.05, 0.1) is 37.1 Å². The molecule has 0 atom stereocenters. The molecule has 0 aromatic heterocycles. The molecule has 0 spiro atoms. The van der Waals surface area contributed by atoms with Crippen molar-refractivity contribution in [1.82, 2.24) is 5.43 Å². The third-order valence-electron chi connectivity index (χ3n) is 3.38. The number of phenols is 1. The monoisotopic (exact) mass is 422 g/mol. The van der Waals surface area contributed by atoms with Crippen molar-refractivity contribution >= 4 is 28.1 Å². The molecule has 2 N–H and O–H groups in total. The van der Waals surface area contributed by atoms with Crippen LogP contribution in [0.5, 0.6) is 23.0 Å². The number of aromatic hydroxyl groups is 1. The summed E-state index contributed by atoms with van der Waals surface area (Å²) in [6, 6.07) is 8.14. The number of methoxy groups -OCH3 is 2. The van der Waals surface area contributed by atoms with E-state index in [1.165, 1.54) is 20.4 Å². The van der Waals surface area contributed by atoms with Crippen LogP contribution in [0.15, 0.2) is 39.9 Å². The SMILES string of the molecule is CCOc1cc(C=NNC(=O)c2ccc(OC)cc2OC)cc(Br)c1O. The maximum Gasteiger partial charge on any atom is 0.275 e. The van der Waals surface area contributed by atoms with Crippen LogP contribution in [0.1, 0.15) is 22.8 Å². The van der Waals surface area contributed by atoms with Crippen LogP contribution in [-0.4, -0.2) is 38.1 Å². The van der Waals surface area contributed by atoms with Crippen molar-refractivity contribution in [1.29, 1.82) is 0 Å². The number of hydrogen-bond acceptors (Lipinski definition) is 6. The van der Waals surface area contributed by atoms with Gasteiger partial charge in [0, 0.05) is 6.07 Å². The molecule has 26 heavy (non-hydrogen) atoms. The lowest BCUT2D eigenvalue weighted by atomic mass is 10.2. The number of carbonyl (C=O) groups is 1. The molecule has 2 aromatic rings. The zero-order chi connectivity index (χ0) is 19.1. The fourth-order valence-corrected chi connectivity index (χ4v) is 2.61. The highest BCUT2D eigenvalue weighted by Crippen LogP contribution is 2.35. The number of rotatable bonds is 7. The lowest BCUT2D eigenvalue weighted by Crippen LogP contribution is -2.18. The lowest BCUT2D eigenvalue weighted by molar-refractivity contribution is 0.0952. The summed E-state index contributed by atoms with van der Waals surface area (Å²) < 4.78 is 16.1. The first kappa shape index (κ1) is 19.6. The molecule has 7 nitrogen and oxygen atoms in total. The van der Waals surface area contributed by atoms with Gasteiger partial charge in [0.25, 0.3) is 5.91 Å². The van der Waals surface area contributed by atoms with Crippen LogP contribution in [0.25, 0.3) is 0 Å². The van der Waals surface area contributed by atoms with Gasteiger partial charge in [0.2, 0.25) is 0 Å². The predicted octanol–water partition coefficient (Wildman–Crippen LogP) is 3.33. The molecule has 0 aliphatic heterocycles. The molecule has 138 valence electrons. The van der Waals surface area contributed by atoms with E-state index in [9.17, 15) is 9.90 Å². The highest BCUT2D eigenvalue weighted by molar-refractivity contribution is 9.10. The maximum absolute atomic E-state index is 12.3. The molecular formula is C18H19BrN2O5. The number of halogens is 1. The Hall–Kier alpha value is -2.74. The van der Waals surface area contributed by atoms with E-state index in [1.54, 1.807) is 30.3 Å². The number of hydrogen-bond donors (Lipinski definition) is 2. The van der Waals surface area contributed by atoms with Gasteiger partial charge in [0.15, 0.2) is 11.5 Å². The Morgan fingerprint density at radius 3 is 2.65 bits per heavy atom. The number of nitrogens with zero attached hydrogens (tertiary/aromatic N) is 1. The van der Waals surface area contributed by atoms with Gasteiger partial charge in [0.1, 0.15) is 11.5 Å². The largest absolute Gasteiger partial charge is 0.503 e. The van der Waals surface area contributed by atoms with Crippen LogP contribution >= 0.6 is 15.9 Å². The minimum Gasteiger partial charge on any atom is -0.503 e. The second-order valence-electron chi connectivity index (χ2n) is 5.05. The number of hydrazone groups is 1. The molecule has 8 heteroatoms. The van der Waals surface area contributed by atoms with Gasteiger partial charge in [-0.1, -0.05) is 0 Å². The number of amides is 1. The summed E-state index contributed by atoms with van der Waals surface area (Å²) in [5, 5.41) is 13.8. The molecule has 0 bridgehead atoms. The number of phenolic OH excluding ortho intramolecular Hbond substituents is 1. The standard InChI is InChI=1S/C18H19BrN2O5/c1-4-26-16-8-11(7-14(19)17(16)22)10-20-21-18(23)13-6-5-12(24-2)9-15(13)25-3/h5-10,22H,4H2,1-3H3,(H,21,23). The normalized spacial score (nSPS) is 10.6. The first-order valence-electron chi connectivity index (χ1n) is 7.70. The van der Waals surface area contributed by atoms with E-state index in [1.807, 2.05) is 6.92 Å². The summed E-state index contributed by atoms with van der Waals surface area (Å²) in [7, 11) is 3.00. The van der Waals surface area contributed by atoms with E-state index in [4.69, 9.17) is 14.2 Å². The van der Waals surface area contributed by atoms with E-state index in [0.717, 1.165) is 0 Å². The predicted molar refractivity (Wildman–Crippen MR) is 102 cm³/mol. The van der Waals surface area contributed by atoms with E-state index in [0.29, 0.717) is 39.5 Å². The van der Waals surface area contributed by atoms with Gasteiger partial charge in [-0.3, -0.25) is 4.79 Å². The molecule has 0 unspecified atom stereocenters. The van der Waals surface area contributed by atoms with Crippen molar-refractivity contribution in [3.05, 3.63) is 45.9 Å². The fourth-order valence-electron chi connectivity index (χ4n) is 2.15. The van der Waals surface area contributed by atoms with Gasteiger partial charge in [-0.15, -0.1) is 0 Å². The van der Waals surface area contributed by atoms with Crippen molar-refractivity contribution in [3.8, 4) is 23.0 Å². The summed E-state index contributed by atoms with van der Waals surface area (Å²) in [5.74, 6) is 0.869. The number of nitrogens with one attached hydrogen (secondary N) is 1. The Morgan fingerprint density at radius 2 is 2.00 bits per heavy atom. The number of carbonyl (C=O) groups excluding carboxylic acids is 1. The Balaban J connectivity index is 2.14. The van der Waals surface area contributed by atoms with Crippen LogP contribution in [0.4, 0.5) is 0 Å². The van der Waals surface area contributed by atoms with Gasteiger partial charge >= 0.3 is 0 Å². The topological polar surface area (TPSA) is 89.4 Å². The average Bonchev–Trinajstić information content (AvgIpc) is 2.65. The first-order valence-corrected chi connectivity index (χ1v) is 8.50. The average molecular weight is 423 g/mol. The summed E-state index contributed by atoms with van der Waals surface area (Å²) in [6.07, 6.45) is 1.45.